The average Bonchev–Trinajstić information content (AvgIpc) is 3.33. The van der Waals surface area contributed by atoms with Crippen LogP contribution in [0.1, 0.15) is 87.3 Å². The van der Waals surface area contributed by atoms with Gasteiger partial charge in [-0.25, -0.2) is 9.37 Å². The standard InChI is InChI=1S/C21H26FN3O.C10H13ClO.C2H6/c1-4-5-9-19-15(3)24-21(25-19)20-13-26-16(12-23-20)10-11-17-14(2)7-6-8-18(17)22;1-8(12)6-7-9-4-2-3-5-10(9)11;1-2/h4-9,16,20,23H,1,10-13H2,2-3H3,(H,24,25);2,4H,3,5-7H2,1H3;1-2H3/b9-5-;;/t16-,20+;;/m1../s1. The molecule has 0 amide bonds. The number of H-pyrrole nitrogens is 1. The van der Waals surface area contributed by atoms with Crippen LogP contribution >= 0.6 is 11.6 Å². The summed E-state index contributed by atoms with van der Waals surface area (Å²) in [6.07, 6.45) is 14.6. The maximum absolute atomic E-state index is 13.9. The van der Waals surface area contributed by atoms with Gasteiger partial charge in [-0.3, -0.25) is 0 Å². The molecule has 5 nitrogen and oxygen atoms in total. The van der Waals surface area contributed by atoms with E-state index < -0.39 is 0 Å². The van der Waals surface area contributed by atoms with E-state index in [2.05, 4.69) is 27.9 Å². The zero-order valence-electron chi connectivity index (χ0n) is 24.7. The number of imidazole rings is 1. The normalized spacial score (nSPS) is 18.6. The Kier molecular flexibility index (Phi) is 14.9. The molecule has 7 heteroatoms. The lowest BCUT2D eigenvalue weighted by molar-refractivity contribution is -0.116. The molecule has 2 N–H and O–H groups in total. The van der Waals surface area contributed by atoms with Crippen LogP contribution in [0.4, 0.5) is 4.39 Å². The first-order valence-electron chi connectivity index (χ1n) is 14.3. The van der Waals surface area contributed by atoms with Crippen molar-refractivity contribution in [3.8, 4) is 0 Å². The molecule has 0 unspecified atom stereocenters. The number of halogens is 2. The molecule has 0 bridgehead atoms. The van der Waals surface area contributed by atoms with Crippen molar-refractivity contribution in [2.45, 2.75) is 85.3 Å². The molecule has 40 heavy (non-hydrogen) atoms. The maximum atomic E-state index is 13.9. The number of aromatic nitrogens is 2. The number of nitrogens with zero attached hydrogens (tertiary/aromatic N) is 1. The summed E-state index contributed by atoms with van der Waals surface area (Å²) in [5.74, 6) is 0.985. The lowest BCUT2D eigenvalue weighted by atomic mass is 10.0. The van der Waals surface area contributed by atoms with Gasteiger partial charge in [0.05, 0.1) is 24.4 Å². The monoisotopic (exact) mass is 569 g/mol. The summed E-state index contributed by atoms with van der Waals surface area (Å²) in [5, 5.41) is 4.42. The highest BCUT2D eigenvalue weighted by Crippen LogP contribution is 2.25. The zero-order valence-corrected chi connectivity index (χ0v) is 25.4. The number of ketones is 1. The van der Waals surface area contributed by atoms with Gasteiger partial charge >= 0.3 is 0 Å². The third-order valence-electron chi connectivity index (χ3n) is 6.77. The number of Topliss-reactive ketones (excluding diaryl/α,β-unsaturated/α-hetero) is 1. The molecule has 2 aromatic rings. The molecule has 2 atom stereocenters. The molecule has 0 saturated carbocycles. The molecule has 2 aliphatic rings. The average molecular weight is 570 g/mol. The van der Waals surface area contributed by atoms with Crippen LogP contribution in [0.25, 0.3) is 6.08 Å². The summed E-state index contributed by atoms with van der Waals surface area (Å²) < 4.78 is 19.9. The van der Waals surface area contributed by atoms with Crippen molar-refractivity contribution < 1.29 is 13.9 Å². The van der Waals surface area contributed by atoms with Crippen LogP contribution in [-0.4, -0.2) is 35.0 Å². The second kappa shape index (κ2) is 17.8. The van der Waals surface area contributed by atoms with Crippen LogP contribution < -0.4 is 5.32 Å². The fourth-order valence-electron chi connectivity index (χ4n) is 4.47. The van der Waals surface area contributed by atoms with E-state index in [1.165, 1.54) is 6.07 Å². The summed E-state index contributed by atoms with van der Waals surface area (Å²) in [6, 6.07) is 5.27. The second-order valence-corrected chi connectivity index (χ2v) is 10.2. The lowest BCUT2D eigenvalue weighted by Gasteiger charge is -2.29. The number of carbonyl (C=O) groups excluding carboxylic acids is 1. The van der Waals surface area contributed by atoms with Crippen molar-refractivity contribution in [1.29, 1.82) is 0 Å². The highest BCUT2D eigenvalue weighted by Gasteiger charge is 2.25. The highest BCUT2D eigenvalue weighted by molar-refractivity contribution is 6.30. The smallest absolute Gasteiger partial charge is 0.130 e. The van der Waals surface area contributed by atoms with Gasteiger partial charge in [0.15, 0.2) is 0 Å². The van der Waals surface area contributed by atoms with E-state index in [0.717, 1.165) is 71.2 Å². The summed E-state index contributed by atoms with van der Waals surface area (Å²) in [4.78, 5) is 18.7. The Morgan fingerprint density at radius 2 is 2.05 bits per heavy atom. The topological polar surface area (TPSA) is 67.0 Å². The summed E-state index contributed by atoms with van der Waals surface area (Å²) in [5.41, 5.74) is 4.87. The van der Waals surface area contributed by atoms with Crippen molar-refractivity contribution in [2.75, 3.05) is 13.2 Å². The molecular formula is C33H45ClFN3O2. The number of morpholine rings is 1. The number of aryl methyl sites for hydroxylation is 2. The fourth-order valence-corrected chi connectivity index (χ4v) is 4.74. The summed E-state index contributed by atoms with van der Waals surface area (Å²) in [6.45, 7) is 14.5. The molecule has 1 aliphatic heterocycles. The van der Waals surface area contributed by atoms with Gasteiger partial charge in [0.2, 0.25) is 0 Å². The quantitative estimate of drug-likeness (QED) is 0.298. The number of rotatable bonds is 9. The molecule has 1 aliphatic carbocycles. The van der Waals surface area contributed by atoms with Gasteiger partial charge in [-0.2, -0.15) is 0 Å². The molecule has 2 heterocycles. The van der Waals surface area contributed by atoms with E-state index in [0.29, 0.717) is 19.4 Å². The number of hydrogen-bond acceptors (Lipinski definition) is 4. The van der Waals surface area contributed by atoms with Crippen molar-refractivity contribution in [2.24, 2.45) is 0 Å². The van der Waals surface area contributed by atoms with Crippen LogP contribution in [0.15, 0.2) is 59.7 Å². The molecule has 1 fully saturated rings. The third kappa shape index (κ3) is 10.6. The van der Waals surface area contributed by atoms with Gasteiger partial charge in [-0.05, 0) is 81.7 Å². The number of hydrogen-bond donors (Lipinski definition) is 2. The fraction of sp³-hybridized carbons (Fsp3) is 0.455. The first kappa shape index (κ1) is 33.4. The Morgan fingerprint density at radius 1 is 1.27 bits per heavy atom. The largest absolute Gasteiger partial charge is 0.375 e. The zero-order chi connectivity index (χ0) is 29.5. The SMILES string of the molecule is C=C/C=C\c1nc([C@@H]2CO[C@H](CCc3c(C)cccc3F)CN2)[nH]c1C.CC.CC(=O)CCC1=C(Cl)CCC=C1. The molecule has 0 spiro atoms. The van der Waals surface area contributed by atoms with Gasteiger partial charge in [-0.1, -0.05) is 68.5 Å². The van der Waals surface area contributed by atoms with Gasteiger partial charge in [-0.15, -0.1) is 0 Å². The van der Waals surface area contributed by atoms with Gasteiger partial charge in [0, 0.05) is 23.7 Å². The predicted molar refractivity (Wildman–Crippen MR) is 165 cm³/mol. The number of carbonyl (C=O) groups is 1. The van der Waals surface area contributed by atoms with Crippen LogP contribution in [0.2, 0.25) is 0 Å². The maximum Gasteiger partial charge on any atom is 0.130 e. The molecule has 1 aromatic carbocycles. The Labute approximate surface area is 244 Å². The number of benzene rings is 1. The highest BCUT2D eigenvalue weighted by atomic mass is 35.5. The molecule has 4 rings (SSSR count). The number of nitrogens with one attached hydrogen (secondary N) is 2. The number of ether oxygens (including phenoxy) is 1. The molecular weight excluding hydrogens is 525 g/mol. The van der Waals surface area contributed by atoms with Crippen LogP contribution in [0.5, 0.6) is 0 Å². The predicted octanol–water partition coefficient (Wildman–Crippen LogP) is 8.25. The Bertz CT molecular complexity index is 1170. The van der Waals surface area contributed by atoms with E-state index in [1.807, 2.05) is 52.0 Å². The van der Waals surface area contributed by atoms with Crippen molar-refractivity contribution in [3.05, 3.63) is 93.8 Å². The summed E-state index contributed by atoms with van der Waals surface area (Å²) in [7, 11) is 0. The van der Waals surface area contributed by atoms with Gasteiger partial charge in [0.1, 0.15) is 17.4 Å². The van der Waals surface area contributed by atoms with Crippen molar-refractivity contribution >= 4 is 23.5 Å². The molecule has 1 saturated heterocycles. The minimum Gasteiger partial charge on any atom is -0.375 e. The van der Waals surface area contributed by atoms with Crippen molar-refractivity contribution in [3.63, 3.8) is 0 Å². The van der Waals surface area contributed by atoms with E-state index in [9.17, 15) is 9.18 Å². The second-order valence-electron chi connectivity index (χ2n) is 9.79. The minimum absolute atomic E-state index is 0.0472. The van der Waals surface area contributed by atoms with Crippen molar-refractivity contribution in [1.82, 2.24) is 15.3 Å². The summed E-state index contributed by atoms with van der Waals surface area (Å²) >= 11 is 5.98. The first-order valence-corrected chi connectivity index (χ1v) is 14.6. The van der Waals surface area contributed by atoms with Crippen LogP contribution in [-0.2, 0) is 16.0 Å². The van der Waals surface area contributed by atoms with E-state index in [4.69, 9.17) is 16.3 Å². The minimum atomic E-state index is -0.127. The first-order chi connectivity index (χ1) is 19.3. The van der Waals surface area contributed by atoms with Crippen LogP contribution in [0.3, 0.4) is 0 Å². The lowest BCUT2D eigenvalue weighted by Crippen LogP contribution is -2.41. The number of aromatic amines is 1. The Balaban J connectivity index is 0.000000336. The van der Waals surface area contributed by atoms with Crippen LogP contribution in [0, 0.1) is 19.7 Å². The molecule has 218 valence electrons. The molecule has 0 radical (unpaired) electrons. The van der Waals surface area contributed by atoms with Gasteiger partial charge < -0.3 is 19.8 Å². The van der Waals surface area contributed by atoms with E-state index >= 15 is 0 Å². The number of allylic oxidation sites excluding steroid dienone is 6. The third-order valence-corrected chi connectivity index (χ3v) is 7.20. The van der Waals surface area contributed by atoms with E-state index in [1.54, 1.807) is 19.1 Å². The molecule has 1 aromatic heterocycles. The van der Waals surface area contributed by atoms with E-state index in [-0.39, 0.29) is 23.7 Å². The Hall–Kier alpha value is -2.80. The Morgan fingerprint density at radius 3 is 2.67 bits per heavy atom. The van der Waals surface area contributed by atoms with Gasteiger partial charge in [0.25, 0.3) is 0 Å².